The number of carbonyl (C=O) groups excluding carboxylic acids is 3. The van der Waals surface area contributed by atoms with Crippen LogP contribution in [0, 0.1) is 11.8 Å². The Balaban J connectivity index is 1.10. The van der Waals surface area contributed by atoms with Crippen molar-refractivity contribution < 1.29 is 19.1 Å². The lowest BCUT2D eigenvalue weighted by Gasteiger charge is -2.49. The van der Waals surface area contributed by atoms with Crippen molar-refractivity contribution in [3.8, 4) is 0 Å². The van der Waals surface area contributed by atoms with E-state index in [4.69, 9.17) is 4.74 Å². The Labute approximate surface area is 257 Å². The average Bonchev–Trinajstić information content (AvgIpc) is 3.37. The molecule has 6 rings (SSSR count). The second kappa shape index (κ2) is 12.8. The van der Waals surface area contributed by atoms with Gasteiger partial charge in [-0.25, -0.2) is 4.79 Å². The topological polar surface area (TPSA) is 94.2 Å². The van der Waals surface area contributed by atoms with Crippen LogP contribution in [-0.2, 0) is 14.3 Å². The summed E-state index contributed by atoms with van der Waals surface area (Å²) in [6.07, 6.45) is 8.81. The van der Waals surface area contributed by atoms with Crippen LogP contribution >= 0.6 is 0 Å². The first-order valence-electron chi connectivity index (χ1n) is 16.8. The van der Waals surface area contributed by atoms with Crippen LogP contribution in [0.25, 0.3) is 0 Å². The van der Waals surface area contributed by atoms with E-state index in [0.29, 0.717) is 30.8 Å². The molecule has 1 aliphatic carbocycles. The van der Waals surface area contributed by atoms with Gasteiger partial charge in [0.25, 0.3) is 0 Å². The van der Waals surface area contributed by atoms with E-state index in [9.17, 15) is 14.4 Å². The molecular weight excluding hydrogens is 542 g/mol. The molecule has 0 radical (unpaired) electrons. The van der Waals surface area contributed by atoms with Gasteiger partial charge in [0.1, 0.15) is 0 Å². The molecule has 5 aliphatic rings. The van der Waals surface area contributed by atoms with Crippen LogP contribution < -0.4 is 10.6 Å². The third-order valence-corrected chi connectivity index (χ3v) is 10.9. The molecular formula is C34H51N5O4. The van der Waals surface area contributed by atoms with Crippen LogP contribution in [-0.4, -0.2) is 95.1 Å². The van der Waals surface area contributed by atoms with Gasteiger partial charge in [-0.2, -0.15) is 0 Å². The zero-order chi connectivity index (χ0) is 30.1. The van der Waals surface area contributed by atoms with E-state index in [2.05, 4.69) is 51.3 Å². The molecule has 4 amide bonds. The van der Waals surface area contributed by atoms with Crippen molar-refractivity contribution >= 4 is 17.8 Å². The van der Waals surface area contributed by atoms with Crippen LogP contribution in [0.5, 0.6) is 0 Å². The van der Waals surface area contributed by atoms with E-state index in [1.807, 2.05) is 18.2 Å². The first-order valence-corrected chi connectivity index (χ1v) is 16.8. The number of hydrogen-bond acceptors (Lipinski definition) is 5. The van der Waals surface area contributed by atoms with Crippen LogP contribution in [0.1, 0.15) is 90.2 Å². The van der Waals surface area contributed by atoms with Crippen molar-refractivity contribution in [2.75, 3.05) is 32.8 Å². The molecule has 1 aromatic carbocycles. The number of rotatable bonds is 10. The van der Waals surface area contributed by atoms with Crippen molar-refractivity contribution in [3.05, 3.63) is 35.9 Å². The fourth-order valence-corrected chi connectivity index (χ4v) is 8.92. The predicted molar refractivity (Wildman–Crippen MR) is 165 cm³/mol. The summed E-state index contributed by atoms with van der Waals surface area (Å²) in [5.74, 6) is 0.562. The van der Waals surface area contributed by atoms with Crippen molar-refractivity contribution in [1.82, 2.24) is 25.3 Å². The Morgan fingerprint density at radius 2 is 1.70 bits per heavy atom. The quantitative estimate of drug-likeness (QED) is 0.426. The molecule has 1 saturated carbocycles. The van der Waals surface area contributed by atoms with E-state index in [-0.39, 0.29) is 47.4 Å². The van der Waals surface area contributed by atoms with E-state index < -0.39 is 0 Å². The van der Waals surface area contributed by atoms with Crippen LogP contribution in [0.3, 0.4) is 0 Å². The summed E-state index contributed by atoms with van der Waals surface area (Å²) in [4.78, 5) is 45.5. The summed E-state index contributed by atoms with van der Waals surface area (Å²) >= 11 is 0. The monoisotopic (exact) mass is 593 g/mol. The van der Waals surface area contributed by atoms with Gasteiger partial charge in [0.15, 0.2) is 0 Å². The third-order valence-electron chi connectivity index (χ3n) is 10.9. The SMILES string of the molecule is CC(=O)N[C@H]1C[C@@H](C(=O)N[C@@H](CCN2C3CCC2CC2(C3)CN(CC3CCOCC3)C(=O)N2C(C)C)c2ccccc2)C1. The predicted octanol–water partition coefficient (Wildman–Crippen LogP) is 4.09. The maximum atomic E-state index is 13.8. The van der Waals surface area contributed by atoms with Gasteiger partial charge in [0.2, 0.25) is 11.8 Å². The molecule has 4 aliphatic heterocycles. The number of benzene rings is 1. The fraction of sp³-hybridized carbons (Fsp3) is 0.735. The van der Waals surface area contributed by atoms with Gasteiger partial charge in [-0.05, 0) is 83.1 Å². The number of urea groups is 1. The van der Waals surface area contributed by atoms with Crippen molar-refractivity contribution in [2.24, 2.45) is 11.8 Å². The van der Waals surface area contributed by atoms with Crippen LogP contribution in [0.2, 0.25) is 0 Å². The average molecular weight is 594 g/mol. The molecule has 236 valence electrons. The Morgan fingerprint density at radius 1 is 1.02 bits per heavy atom. The number of ether oxygens (including phenoxy) is 1. The fourth-order valence-electron chi connectivity index (χ4n) is 8.92. The van der Waals surface area contributed by atoms with Crippen LogP contribution in [0.15, 0.2) is 30.3 Å². The minimum Gasteiger partial charge on any atom is -0.381 e. The summed E-state index contributed by atoms with van der Waals surface area (Å²) in [5, 5.41) is 6.30. The molecule has 1 aromatic rings. The Bertz CT molecular complexity index is 1130. The summed E-state index contributed by atoms with van der Waals surface area (Å²) in [5.41, 5.74) is 1.06. The number of nitrogens with zero attached hydrogens (tertiary/aromatic N) is 3. The van der Waals surface area contributed by atoms with E-state index in [0.717, 1.165) is 70.5 Å². The van der Waals surface area contributed by atoms with E-state index in [1.54, 1.807) is 0 Å². The highest BCUT2D eigenvalue weighted by Gasteiger charge is 2.57. The minimum atomic E-state index is -0.0829. The molecule has 1 spiro atoms. The third kappa shape index (κ3) is 6.44. The molecule has 4 saturated heterocycles. The molecule has 4 heterocycles. The van der Waals surface area contributed by atoms with E-state index >= 15 is 0 Å². The lowest BCUT2D eigenvalue weighted by atomic mass is 9.79. The maximum Gasteiger partial charge on any atom is 0.320 e. The summed E-state index contributed by atoms with van der Waals surface area (Å²) < 4.78 is 5.58. The smallest absolute Gasteiger partial charge is 0.320 e. The summed E-state index contributed by atoms with van der Waals surface area (Å²) in [7, 11) is 0. The van der Waals surface area contributed by atoms with Gasteiger partial charge in [0.05, 0.1) is 11.6 Å². The lowest BCUT2D eigenvalue weighted by molar-refractivity contribution is -0.131. The zero-order valence-corrected chi connectivity index (χ0v) is 26.3. The number of nitrogens with one attached hydrogen (secondary N) is 2. The molecule has 2 bridgehead atoms. The molecule has 5 fully saturated rings. The molecule has 9 nitrogen and oxygen atoms in total. The largest absolute Gasteiger partial charge is 0.381 e. The Kier molecular flexibility index (Phi) is 9.01. The first kappa shape index (κ1) is 30.4. The van der Waals surface area contributed by atoms with Gasteiger partial charge in [-0.3, -0.25) is 14.5 Å². The standard InChI is InChI=1S/C34H51N5O4/c1-23(2)39-33(42)37(21-25-12-15-43-16-13-25)22-34(39)19-29-9-10-30(20-34)38(29)14-11-31(26-7-5-4-6-8-26)36-32(41)27-17-28(18-27)35-24(3)40/h4-8,23,25,27-31H,9-22H2,1-3H3,(H,35,40)(H,36,41)/t27-,28+,29?,30?,31-,34?/m0/s1. The number of piperidine rings is 1. The second-order valence-electron chi connectivity index (χ2n) is 14.3. The zero-order valence-electron chi connectivity index (χ0n) is 26.3. The minimum absolute atomic E-state index is 0.0329. The van der Waals surface area contributed by atoms with Gasteiger partial charge in [-0.1, -0.05) is 30.3 Å². The van der Waals surface area contributed by atoms with Gasteiger partial charge < -0.3 is 25.2 Å². The molecule has 3 atom stereocenters. The molecule has 2 unspecified atom stereocenters. The molecule has 9 heteroatoms. The molecule has 2 N–H and O–H groups in total. The van der Waals surface area contributed by atoms with Crippen LogP contribution in [0.4, 0.5) is 4.79 Å². The Hall–Kier alpha value is -2.65. The Morgan fingerprint density at radius 3 is 2.33 bits per heavy atom. The van der Waals surface area contributed by atoms with Crippen molar-refractivity contribution in [2.45, 2.75) is 114 Å². The van der Waals surface area contributed by atoms with Gasteiger partial charge in [-0.15, -0.1) is 0 Å². The maximum absolute atomic E-state index is 13.8. The van der Waals surface area contributed by atoms with Crippen molar-refractivity contribution in [1.29, 1.82) is 0 Å². The first-order chi connectivity index (χ1) is 20.7. The molecule has 43 heavy (non-hydrogen) atoms. The van der Waals surface area contributed by atoms with Gasteiger partial charge >= 0.3 is 6.03 Å². The number of amides is 4. The number of carbonyl (C=O) groups is 3. The summed E-state index contributed by atoms with van der Waals surface area (Å²) in [6, 6.07) is 11.8. The highest BCUT2D eigenvalue weighted by molar-refractivity contribution is 5.81. The highest BCUT2D eigenvalue weighted by Crippen LogP contribution is 2.48. The van der Waals surface area contributed by atoms with Gasteiger partial charge in [0, 0.05) is 69.9 Å². The number of hydrogen-bond donors (Lipinski definition) is 2. The second-order valence-corrected chi connectivity index (χ2v) is 14.3. The highest BCUT2D eigenvalue weighted by atomic mass is 16.5. The number of fused-ring (bicyclic) bond motifs is 2. The van der Waals surface area contributed by atoms with E-state index in [1.165, 1.54) is 19.8 Å². The summed E-state index contributed by atoms with van der Waals surface area (Å²) in [6.45, 7) is 10.2. The lowest BCUT2D eigenvalue weighted by Crippen LogP contribution is -2.60. The molecule has 0 aromatic heterocycles. The van der Waals surface area contributed by atoms with Crippen molar-refractivity contribution in [3.63, 3.8) is 0 Å². The normalized spacial score (nSPS) is 31.9.